The average Bonchev–Trinajstić information content (AvgIpc) is 3.31. The van der Waals surface area contributed by atoms with Gasteiger partial charge < -0.3 is 9.47 Å². The molecular weight excluding hydrogens is 388 g/mol. The number of hydrogen-bond acceptors (Lipinski definition) is 4. The Morgan fingerprint density at radius 2 is 1.77 bits per heavy atom. The molecule has 30 heavy (non-hydrogen) atoms. The molecule has 4 nitrogen and oxygen atoms in total. The molecule has 2 aliphatic rings. The summed E-state index contributed by atoms with van der Waals surface area (Å²) >= 11 is 1.89. The Morgan fingerprint density at radius 3 is 2.47 bits per heavy atom. The summed E-state index contributed by atoms with van der Waals surface area (Å²) < 4.78 is 2.40. The molecule has 0 bridgehead atoms. The SMILES string of the molecule is Cc1cc(C)cc(-n2c(C)cc([C@H]3[C@H](c4ccccn4)N=C4S[C@@H](C)CN43)c2C)c1. The van der Waals surface area contributed by atoms with Crippen molar-refractivity contribution in [3.05, 3.63) is 82.4 Å². The van der Waals surface area contributed by atoms with E-state index in [1.165, 1.54) is 38.9 Å². The average molecular weight is 417 g/mol. The van der Waals surface area contributed by atoms with E-state index < -0.39 is 0 Å². The van der Waals surface area contributed by atoms with Crippen LogP contribution >= 0.6 is 11.8 Å². The highest BCUT2D eigenvalue weighted by molar-refractivity contribution is 8.14. The van der Waals surface area contributed by atoms with Gasteiger partial charge in [0.1, 0.15) is 6.04 Å². The monoisotopic (exact) mass is 416 g/mol. The van der Waals surface area contributed by atoms with E-state index in [2.05, 4.69) is 85.5 Å². The molecule has 154 valence electrons. The Kier molecular flexibility index (Phi) is 4.73. The number of fused-ring (bicyclic) bond motifs is 1. The molecule has 0 amide bonds. The Labute approximate surface area is 183 Å². The van der Waals surface area contributed by atoms with Crippen LogP contribution in [-0.4, -0.2) is 31.4 Å². The smallest absolute Gasteiger partial charge is 0.160 e. The Bertz CT molecular complexity index is 1110. The normalized spacial score (nSPS) is 23.0. The molecule has 2 aliphatic heterocycles. The molecule has 4 heterocycles. The van der Waals surface area contributed by atoms with E-state index in [-0.39, 0.29) is 12.1 Å². The van der Waals surface area contributed by atoms with Gasteiger partial charge in [0.25, 0.3) is 0 Å². The van der Waals surface area contributed by atoms with E-state index in [0.29, 0.717) is 5.25 Å². The number of aliphatic imine (C=N–C) groups is 1. The lowest BCUT2D eigenvalue weighted by molar-refractivity contribution is 0.320. The van der Waals surface area contributed by atoms with Crippen molar-refractivity contribution in [2.45, 2.75) is 52.0 Å². The van der Waals surface area contributed by atoms with Gasteiger partial charge in [-0.3, -0.25) is 9.98 Å². The number of thioether (sulfide) groups is 1. The fraction of sp³-hybridized carbons (Fsp3) is 0.360. The molecule has 0 spiro atoms. The zero-order valence-corrected chi connectivity index (χ0v) is 19.1. The van der Waals surface area contributed by atoms with Gasteiger partial charge in [-0.1, -0.05) is 30.8 Å². The maximum absolute atomic E-state index is 5.14. The van der Waals surface area contributed by atoms with Gasteiger partial charge in [0, 0.05) is 35.1 Å². The molecule has 0 radical (unpaired) electrons. The van der Waals surface area contributed by atoms with Gasteiger partial charge in [0.2, 0.25) is 0 Å². The highest BCUT2D eigenvalue weighted by Gasteiger charge is 2.44. The van der Waals surface area contributed by atoms with Crippen LogP contribution in [0.2, 0.25) is 0 Å². The zero-order chi connectivity index (χ0) is 21.0. The van der Waals surface area contributed by atoms with Gasteiger partial charge in [-0.05, 0) is 74.7 Å². The number of amidine groups is 1. The third-order valence-corrected chi connectivity index (χ3v) is 7.24. The molecule has 5 rings (SSSR count). The van der Waals surface area contributed by atoms with Crippen LogP contribution in [0.1, 0.15) is 52.8 Å². The first-order valence-electron chi connectivity index (χ1n) is 10.6. The second-order valence-corrected chi connectivity index (χ2v) is 10.1. The van der Waals surface area contributed by atoms with Crippen LogP contribution in [0.4, 0.5) is 0 Å². The lowest BCUT2D eigenvalue weighted by Gasteiger charge is -2.27. The van der Waals surface area contributed by atoms with Crippen molar-refractivity contribution in [1.29, 1.82) is 0 Å². The predicted molar refractivity (Wildman–Crippen MR) is 126 cm³/mol. The van der Waals surface area contributed by atoms with Gasteiger partial charge in [-0.15, -0.1) is 0 Å². The van der Waals surface area contributed by atoms with Gasteiger partial charge in [0.05, 0.1) is 11.7 Å². The number of rotatable bonds is 3. The fourth-order valence-corrected chi connectivity index (χ4v) is 6.11. The molecule has 0 aliphatic carbocycles. The number of aromatic nitrogens is 2. The van der Waals surface area contributed by atoms with Crippen LogP contribution in [0.25, 0.3) is 5.69 Å². The van der Waals surface area contributed by atoms with E-state index in [4.69, 9.17) is 4.99 Å². The lowest BCUT2D eigenvalue weighted by Crippen LogP contribution is -2.28. The Hall–Kier alpha value is -2.53. The first kappa shape index (κ1) is 19.4. The van der Waals surface area contributed by atoms with E-state index in [1.807, 2.05) is 24.0 Å². The van der Waals surface area contributed by atoms with E-state index in [1.54, 1.807) is 0 Å². The minimum atomic E-state index is 0.0365. The summed E-state index contributed by atoms with van der Waals surface area (Å²) in [5.74, 6) is 0. The standard InChI is InChI=1S/C25H28N4S/c1-15-10-16(2)12-20(11-15)29-17(3)13-21(19(29)5)24-23(22-8-6-7-9-26-22)27-25-28(24)14-18(4)30-25/h6-13,18,23-24H,14H2,1-5H3/t18-,23-,24-/m0/s1. The molecule has 1 fully saturated rings. The minimum Gasteiger partial charge on any atom is -0.341 e. The molecule has 2 aromatic heterocycles. The maximum atomic E-state index is 5.14. The van der Waals surface area contributed by atoms with Gasteiger partial charge in [0.15, 0.2) is 5.17 Å². The van der Waals surface area contributed by atoms with Gasteiger partial charge >= 0.3 is 0 Å². The van der Waals surface area contributed by atoms with Crippen molar-refractivity contribution in [3.8, 4) is 5.69 Å². The van der Waals surface area contributed by atoms with Crippen molar-refractivity contribution in [2.75, 3.05) is 6.54 Å². The van der Waals surface area contributed by atoms with Crippen LogP contribution in [0.5, 0.6) is 0 Å². The third kappa shape index (κ3) is 3.16. The largest absolute Gasteiger partial charge is 0.341 e. The first-order chi connectivity index (χ1) is 14.4. The minimum absolute atomic E-state index is 0.0365. The van der Waals surface area contributed by atoms with Crippen LogP contribution in [-0.2, 0) is 0 Å². The Morgan fingerprint density at radius 1 is 1.00 bits per heavy atom. The fourth-order valence-electron chi connectivity index (χ4n) is 5.02. The van der Waals surface area contributed by atoms with Gasteiger partial charge in [-0.2, -0.15) is 0 Å². The summed E-state index contributed by atoms with van der Waals surface area (Å²) in [6, 6.07) is 15.5. The summed E-state index contributed by atoms with van der Waals surface area (Å²) in [4.78, 5) is 12.3. The van der Waals surface area contributed by atoms with Crippen LogP contribution in [0, 0.1) is 27.7 Å². The number of pyridine rings is 1. The lowest BCUT2D eigenvalue weighted by atomic mass is 9.96. The van der Waals surface area contributed by atoms with Crippen molar-refractivity contribution in [2.24, 2.45) is 4.99 Å². The summed E-state index contributed by atoms with van der Waals surface area (Å²) in [5.41, 5.74) is 8.80. The number of nitrogens with zero attached hydrogens (tertiary/aromatic N) is 4. The number of hydrogen-bond donors (Lipinski definition) is 0. The molecule has 0 N–H and O–H groups in total. The molecule has 0 unspecified atom stereocenters. The highest BCUT2D eigenvalue weighted by Crippen LogP contribution is 2.48. The van der Waals surface area contributed by atoms with Crippen molar-refractivity contribution in [3.63, 3.8) is 0 Å². The second-order valence-electron chi connectivity index (χ2n) is 8.64. The zero-order valence-electron chi connectivity index (χ0n) is 18.3. The molecule has 3 aromatic rings. The third-order valence-electron chi connectivity index (χ3n) is 6.13. The first-order valence-corrected chi connectivity index (χ1v) is 11.5. The second kappa shape index (κ2) is 7.31. The van der Waals surface area contributed by atoms with Crippen molar-refractivity contribution >= 4 is 16.9 Å². The molecule has 1 aromatic carbocycles. The Balaban J connectivity index is 1.63. The maximum Gasteiger partial charge on any atom is 0.160 e. The van der Waals surface area contributed by atoms with Crippen LogP contribution in [0.3, 0.4) is 0 Å². The van der Waals surface area contributed by atoms with Crippen LogP contribution in [0.15, 0.2) is 53.7 Å². The molecule has 3 atom stereocenters. The predicted octanol–water partition coefficient (Wildman–Crippen LogP) is 5.70. The topological polar surface area (TPSA) is 33.4 Å². The summed E-state index contributed by atoms with van der Waals surface area (Å²) in [7, 11) is 0. The highest BCUT2D eigenvalue weighted by atomic mass is 32.2. The van der Waals surface area contributed by atoms with Crippen molar-refractivity contribution in [1.82, 2.24) is 14.5 Å². The quantitative estimate of drug-likeness (QED) is 0.549. The molecule has 5 heteroatoms. The van der Waals surface area contributed by atoms with E-state index in [9.17, 15) is 0 Å². The summed E-state index contributed by atoms with van der Waals surface area (Å²) in [6.45, 7) is 12.1. The van der Waals surface area contributed by atoms with E-state index >= 15 is 0 Å². The summed E-state index contributed by atoms with van der Waals surface area (Å²) in [6.07, 6.45) is 1.88. The summed E-state index contributed by atoms with van der Waals surface area (Å²) in [5, 5.41) is 1.73. The molecular formula is C25H28N4S. The van der Waals surface area contributed by atoms with Gasteiger partial charge in [-0.25, -0.2) is 0 Å². The molecule has 1 saturated heterocycles. The van der Waals surface area contributed by atoms with Crippen molar-refractivity contribution < 1.29 is 0 Å². The van der Waals surface area contributed by atoms with E-state index in [0.717, 1.165) is 12.2 Å². The van der Waals surface area contributed by atoms with Crippen LogP contribution < -0.4 is 0 Å². The molecule has 0 saturated carbocycles. The number of aryl methyl sites for hydroxylation is 3. The number of benzene rings is 1.